The number of hydrazone groups is 1. The highest BCUT2D eigenvalue weighted by Crippen LogP contribution is 2.39. The average molecular weight is 501 g/mol. The molecule has 1 aliphatic rings. The highest BCUT2D eigenvalue weighted by atomic mass is 32.1. The second-order valence-electron chi connectivity index (χ2n) is 8.36. The van der Waals surface area contributed by atoms with E-state index < -0.39 is 12.0 Å². The maximum Gasteiger partial charge on any atom is 0.303 e. The van der Waals surface area contributed by atoms with Gasteiger partial charge in [-0.3, -0.25) is 9.59 Å². The molecule has 4 aromatic rings. The van der Waals surface area contributed by atoms with E-state index in [-0.39, 0.29) is 18.7 Å². The fourth-order valence-corrected chi connectivity index (χ4v) is 4.92. The number of nitrogens with zero attached hydrogens (tertiary/aromatic N) is 4. The third-order valence-corrected chi connectivity index (χ3v) is 6.72. The van der Waals surface area contributed by atoms with Gasteiger partial charge in [-0.05, 0) is 41.1 Å². The van der Waals surface area contributed by atoms with Crippen molar-refractivity contribution in [1.82, 2.24) is 14.8 Å². The summed E-state index contributed by atoms with van der Waals surface area (Å²) >= 11 is 1.56. The molecule has 2 aromatic carbocycles. The average Bonchev–Trinajstić information content (AvgIpc) is 3.67. The molecule has 5 rings (SSSR count). The van der Waals surface area contributed by atoms with Crippen LogP contribution in [-0.2, 0) is 9.59 Å². The van der Waals surface area contributed by atoms with Gasteiger partial charge in [0.15, 0.2) is 0 Å². The van der Waals surface area contributed by atoms with Crippen LogP contribution in [0.4, 0.5) is 0 Å². The molecule has 1 N–H and O–H groups in total. The number of carbonyl (C=O) groups excluding carboxylic acids is 1. The number of para-hydroxylation sites is 1. The quantitative estimate of drug-likeness (QED) is 0.361. The zero-order valence-corrected chi connectivity index (χ0v) is 20.4. The highest BCUT2D eigenvalue weighted by Gasteiger charge is 2.36. The monoisotopic (exact) mass is 500 g/mol. The van der Waals surface area contributed by atoms with E-state index >= 15 is 0 Å². The number of carboxylic acids is 1. The van der Waals surface area contributed by atoms with E-state index in [1.807, 2.05) is 77.6 Å². The predicted octanol–water partition coefficient (Wildman–Crippen LogP) is 5.15. The second kappa shape index (κ2) is 10.2. The van der Waals surface area contributed by atoms with Crippen molar-refractivity contribution in [3.05, 3.63) is 88.7 Å². The largest absolute Gasteiger partial charge is 0.497 e. The molecule has 2 aromatic heterocycles. The lowest BCUT2D eigenvalue weighted by atomic mass is 9.97. The summed E-state index contributed by atoms with van der Waals surface area (Å²) in [6.07, 6.45) is 2.04. The van der Waals surface area contributed by atoms with E-state index in [0.29, 0.717) is 17.9 Å². The van der Waals surface area contributed by atoms with Crippen LogP contribution in [0.2, 0.25) is 0 Å². The Kier molecular flexibility index (Phi) is 6.64. The van der Waals surface area contributed by atoms with Gasteiger partial charge in [0.1, 0.15) is 5.75 Å². The molecule has 1 aliphatic heterocycles. The topological polar surface area (TPSA) is 97.0 Å². The van der Waals surface area contributed by atoms with Crippen molar-refractivity contribution in [3.63, 3.8) is 0 Å². The summed E-state index contributed by atoms with van der Waals surface area (Å²) in [6.45, 7) is 0. The molecule has 1 unspecified atom stereocenters. The molecular formula is C27H24N4O4S. The summed E-state index contributed by atoms with van der Waals surface area (Å²) in [5.41, 5.74) is 5.01. The summed E-state index contributed by atoms with van der Waals surface area (Å²) in [4.78, 5) is 24.3. The molecule has 9 heteroatoms. The predicted molar refractivity (Wildman–Crippen MR) is 137 cm³/mol. The molecule has 8 nitrogen and oxygen atoms in total. The van der Waals surface area contributed by atoms with E-state index in [1.54, 1.807) is 23.1 Å². The number of hydrogen-bond acceptors (Lipinski definition) is 6. The van der Waals surface area contributed by atoms with Crippen molar-refractivity contribution < 1.29 is 19.4 Å². The minimum absolute atomic E-state index is 0.131. The maximum absolute atomic E-state index is 13.2. The van der Waals surface area contributed by atoms with Gasteiger partial charge in [0.2, 0.25) is 5.91 Å². The van der Waals surface area contributed by atoms with E-state index in [2.05, 4.69) is 5.10 Å². The van der Waals surface area contributed by atoms with E-state index in [0.717, 1.165) is 28.1 Å². The summed E-state index contributed by atoms with van der Waals surface area (Å²) in [5, 5.41) is 24.1. The Morgan fingerprint density at radius 3 is 2.64 bits per heavy atom. The molecule has 0 spiro atoms. The van der Waals surface area contributed by atoms with Crippen LogP contribution in [-0.4, -0.2) is 44.6 Å². The molecule has 3 heterocycles. The van der Waals surface area contributed by atoms with Crippen LogP contribution < -0.4 is 4.74 Å². The van der Waals surface area contributed by atoms with E-state index in [4.69, 9.17) is 14.9 Å². The molecule has 0 fully saturated rings. The lowest BCUT2D eigenvalue weighted by Gasteiger charge is -2.21. The molecular weight excluding hydrogens is 476 g/mol. The molecule has 36 heavy (non-hydrogen) atoms. The van der Waals surface area contributed by atoms with Gasteiger partial charge in [-0.25, -0.2) is 9.69 Å². The van der Waals surface area contributed by atoms with Gasteiger partial charge in [0, 0.05) is 35.7 Å². The number of carbonyl (C=O) groups is 2. The van der Waals surface area contributed by atoms with Crippen LogP contribution in [0.1, 0.15) is 36.4 Å². The van der Waals surface area contributed by atoms with E-state index in [9.17, 15) is 9.59 Å². The van der Waals surface area contributed by atoms with Crippen molar-refractivity contribution in [2.45, 2.75) is 25.3 Å². The van der Waals surface area contributed by atoms with Gasteiger partial charge >= 0.3 is 5.97 Å². The molecule has 1 amide bonds. The fourth-order valence-electron chi connectivity index (χ4n) is 4.25. The molecule has 0 saturated carbocycles. The number of thiophene rings is 1. The zero-order chi connectivity index (χ0) is 25.1. The minimum Gasteiger partial charge on any atom is -0.497 e. The van der Waals surface area contributed by atoms with Crippen molar-refractivity contribution in [2.24, 2.45) is 5.10 Å². The van der Waals surface area contributed by atoms with Gasteiger partial charge < -0.3 is 9.84 Å². The molecule has 0 radical (unpaired) electrons. The first-order valence-electron chi connectivity index (χ1n) is 11.5. The highest BCUT2D eigenvalue weighted by molar-refractivity contribution is 7.08. The number of carboxylic acid groups (broad SMARTS) is 1. The van der Waals surface area contributed by atoms with Crippen LogP contribution in [0.15, 0.2) is 82.7 Å². The number of benzene rings is 2. The Morgan fingerprint density at radius 1 is 1.08 bits per heavy atom. The van der Waals surface area contributed by atoms with Gasteiger partial charge in [-0.2, -0.15) is 21.5 Å². The summed E-state index contributed by atoms with van der Waals surface area (Å²) in [6, 6.07) is 18.9. The molecule has 182 valence electrons. The van der Waals surface area contributed by atoms with Crippen LogP contribution in [0.3, 0.4) is 0 Å². The minimum atomic E-state index is -1.02. The standard InChI is InChI=1S/C27H24N4O4S/c1-35-21-9-5-6-18(14-21)27-22(16-30(29-27)20-7-3-2-4-8-20)24-15-23(19-12-13-36-17-19)28-31(24)25(32)10-11-26(33)34/h2-9,12-14,16-17,24H,10-11,15H2,1H3,(H,33,34). The van der Waals surface area contributed by atoms with Crippen LogP contribution >= 0.6 is 11.3 Å². The molecule has 0 bridgehead atoms. The second-order valence-corrected chi connectivity index (χ2v) is 9.14. The smallest absolute Gasteiger partial charge is 0.303 e. The van der Waals surface area contributed by atoms with Gasteiger partial charge in [0.25, 0.3) is 0 Å². The number of amides is 1. The first kappa shape index (κ1) is 23.5. The fraction of sp³-hybridized carbons (Fsp3) is 0.185. The number of aromatic nitrogens is 2. The number of aliphatic carboxylic acids is 1. The van der Waals surface area contributed by atoms with Crippen molar-refractivity contribution >= 4 is 28.9 Å². The van der Waals surface area contributed by atoms with Crippen molar-refractivity contribution in [3.8, 4) is 22.7 Å². The zero-order valence-electron chi connectivity index (χ0n) is 19.6. The summed E-state index contributed by atoms with van der Waals surface area (Å²) < 4.78 is 7.23. The molecule has 1 atom stereocenters. The Hall–Kier alpha value is -4.24. The first-order valence-corrected chi connectivity index (χ1v) is 12.4. The Bertz CT molecular complexity index is 1410. The third-order valence-electron chi connectivity index (χ3n) is 6.04. The number of rotatable bonds is 8. The van der Waals surface area contributed by atoms with Gasteiger partial charge in [-0.1, -0.05) is 30.3 Å². The lowest BCUT2D eigenvalue weighted by molar-refractivity contribution is -0.141. The van der Waals surface area contributed by atoms with Gasteiger partial charge in [-0.15, -0.1) is 0 Å². The normalized spacial score (nSPS) is 15.1. The number of hydrogen-bond donors (Lipinski definition) is 1. The van der Waals surface area contributed by atoms with Crippen LogP contribution in [0.5, 0.6) is 5.75 Å². The Morgan fingerprint density at radius 2 is 1.92 bits per heavy atom. The summed E-state index contributed by atoms with van der Waals surface area (Å²) in [5.74, 6) is -0.657. The Labute approximate surface area is 212 Å². The SMILES string of the molecule is COc1cccc(-c2nn(-c3ccccc3)cc2C2CC(c3ccsc3)=NN2C(=O)CCC(=O)O)c1. The number of methoxy groups -OCH3 is 1. The number of ether oxygens (including phenoxy) is 1. The third kappa shape index (κ3) is 4.78. The van der Waals surface area contributed by atoms with Crippen molar-refractivity contribution in [2.75, 3.05) is 7.11 Å². The van der Waals surface area contributed by atoms with Crippen LogP contribution in [0.25, 0.3) is 16.9 Å². The maximum atomic E-state index is 13.2. The van der Waals surface area contributed by atoms with Crippen LogP contribution in [0, 0.1) is 0 Å². The van der Waals surface area contributed by atoms with Crippen molar-refractivity contribution in [1.29, 1.82) is 0 Å². The lowest BCUT2D eigenvalue weighted by Crippen LogP contribution is -2.27. The van der Waals surface area contributed by atoms with E-state index in [1.165, 1.54) is 5.01 Å². The Balaban J connectivity index is 1.61. The first-order chi connectivity index (χ1) is 17.5. The molecule has 0 saturated heterocycles. The van der Waals surface area contributed by atoms with Gasteiger partial charge in [0.05, 0.1) is 36.7 Å². The summed E-state index contributed by atoms with van der Waals surface area (Å²) in [7, 11) is 1.61. The molecule has 0 aliphatic carbocycles.